The van der Waals surface area contributed by atoms with E-state index >= 15 is 0 Å². The highest BCUT2D eigenvalue weighted by atomic mass is 35.5. The fraction of sp³-hybridized carbons (Fsp3) is 0.571. The third-order valence-electron chi connectivity index (χ3n) is 2.38. The normalized spacial score (nSPS) is 12.7. The van der Waals surface area contributed by atoms with E-state index in [-0.39, 0.29) is 6.10 Å². The van der Waals surface area contributed by atoms with Gasteiger partial charge in [-0.1, -0.05) is 11.6 Å². The molecule has 0 saturated carbocycles. The van der Waals surface area contributed by atoms with E-state index in [4.69, 9.17) is 21.1 Å². The topological polar surface area (TPSA) is 50.7 Å². The van der Waals surface area contributed by atoms with Gasteiger partial charge in [0.15, 0.2) is 0 Å². The van der Waals surface area contributed by atoms with Crippen LogP contribution in [0.15, 0.2) is 24.3 Å². The molecule has 1 unspecified atom stereocenters. The Kier molecular flexibility index (Phi) is 7.82. The quantitative estimate of drug-likeness (QED) is 0.686. The third kappa shape index (κ3) is 8.06. The first-order valence-corrected chi connectivity index (χ1v) is 6.82. The molecule has 0 saturated heterocycles. The Hall–Kier alpha value is -0.810. The van der Waals surface area contributed by atoms with E-state index in [1.165, 1.54) is 0 Å². The molecule has 0 radical (unpaired) electrons. The predicted octanol–water partition coefficient (Wildman–Crippen LogP) is 2.55. The number of benzene rings is 1. The third-order valence-corrected chi connectivity index (χ3v) is 2.63. The second-order valence-corrected chi connectivity index (χ2v) is 4.97. The Labute approximate surface area is 119 Å². The average Bonchev–Trinajstić information content (AvgIpc) is 2.37. The molecule has 0 aliphatic rings. The van der Waals surface area contributed by atoms with Crippen molar-refractivity contribution in [2.75, 3.05) is 31.7 Å². The van der Waals surface area contributed by atoms with Gasteiger partial charge in [0.2, 0.25) is 0 Å². The number of halogens is 1. The molecule has 1 rings (SSSR count). The van der Waals surface area contributed by atoms with Gasteiger partial charge >= 0.3 is 0 Å². The zero-order chi connectivity index (χ0) is 14.1. The lowest BCUT2D eigenvalue weighted by Gasteiger charge is -2.14. The van der Waals surface area contributed by atoms with Crippen LogP contribution in [0.4, 0.5) is 5.69 Å². The van der Waals surface area contributed by atoms with Crippen LogP contribution in [0.1, 0.15) is 13.8 Å². The number of hydrogen-bond acceptors (Lipinski definition) is 4. The monoisotopic (exact) mass is 287 g/mol. The summed E-state index contributed by atoms with van der Waals surface area (Å²) in [6, 6.07) is 7.34. The zero-order valence-corrected chi connectivity index (χ0v) is 12.2. The largest absolute Gasteiger partial charge is 0.389 e. The summed E-state index contributed by atoms with van der Waals surface area (Å²) in [6.45, 7) is 5.73. The summed E-state index contributed by atoms with van der Waals surface area (Å²) in [6.07, 6.45) is -0.338. The molecule has 1 aromatic rings. The molecule has 5 heteroatoms. The first kappa shape index (κ1) is 16.2. The molecule has 0 aromatic heterocycles. The molecule has 0 spiro atoms. The number of aliphatic hydroxyl groups excluding tert-OH is 1. The summed E-state index contributed by atoms with van der Waals surface area (Å²) >= 11 is 5.79. The molecule has 0 fully saturated rings. The molecule has 19 heavy (non-hydrogen) atoms. The van der Waals surface area contributed by atoms with Gasteiger partial charge in [0, 0.05) is 17.3 Å². The lowest BCUT2D eigenvalue weighted by Crippen LogP contribution is -2.25. The van der Waals surface area contributed by atoms with Crippen molar-refractivity contribution in [1.82, 2.24) is 0 Å². The highest BCUT2D eigenvalue weighted by Gasteiger charge is 2.04. The van der Waals surface area contributed by atoms with Crippen LogP contribution in [-0.4, -0.2) is 43.7 Å². The molecule has 0 aliphatic carbocycles. The molecule has 0 aliphatic heterocycles. The van der Waals surface area contributed by atoms with Crippen LogP contribution < -0.4 is 5.32 Å². The minimum absolute atomic E-state index is 0.208. The predicted molar refractivity (Wildman–Crippen MR) is 77.9 cm³/mol. The molecule has 4 nitrogen and oxygen atoms in total. The number of hydrogen-bond donors (Lipinski definition) is 2. The Bertz CT molecular complexity index is 343. The summed E-state index contributed by atoms with van der Waals surface area (Å²) in [5.41, 5.74) is 0.923. The molecular weight excluding hydrogens is 266 g/mol. The van der Waals surface area contributed by atoms with Crippen LogP contribution in [0.5, 0.6) is 0 Å². The van der Waals surface area contributed by atoms with Crippen molar-refractivity contribution in [3.05, 3.63) is 29.3 Å². The van der Waals surface area contributed by atoms with Crippen molar-refractivity contribution < 1.29 is 14.6 Å². The second-order valence-electron chi connectivity index (χ2n) is 4.54. The fourth-order valence-corrected chi connectivity index (χ4v) is 1.55. The SMILES string of the molecule is CC(C)OCCOCC(O)CNc1ccc(Cl)cc1. The van der Waals surface area contributed by atoms with Crippen molar-refractivity contribution in [2.24, 2.45) is 0 Å². The number of rotatable bonds is 9. The van der Waals surface area contributed by atoms with Crippen molar-refractivity contribution in [1.29, 1.82) is 0 Å². The van der Waals surface area contributed by atoms with E-state index < -0.39 is 6.10 Å². The number of anilines is 1. The van der Waals surface area contributed by atoms with Gasteiger partial charge in [-0.15, -0.1) is 0 Å². The van der Waals surface area contributed by atoms with Gasteiger partial charge in [0.25, 0.3) is 0 Å². The highest BCUT2D eigenvalue weighted by Crippen LogP contribution is 2.13. The molecule has 1 atom stereocenters. The van der Waals surface area contributed by atoms with Gasteiger partial charge < -0.3 is 19.9 Å². The summed E-state index contributed by atoms with van der Waals surface area (Å²) < 4.78 is 10.6. The van der Waals surface area contributed by atoms with E-state index in [0.29, 0.717) is 31.4 Å². The minimum atomic E-state index is -0.547. The zero-order valence-electron chi connectivity index (χ0n) is 11.4. The lowest BCUT2D eigenvalue weighted by molar-refractivity contribution is -0.00734. The van der Waals surface area contributed by atoms with Crippen LogP contribution in [0, 0.1) is 0 Å². The maximum absolute atomic E-state index is 9.72. The number of aliphatic hydroxyl groups is 1. The Morgan fingerprint density at radius 3 is 2.53 bits per heavy atom. The van der Waals surface area contributed by atoms with Gasteiger partial charge in [-0.2, -0.15) is 0 Å². The fourth-order valence-electron chi connectivity index (χ4n) is 1.42. The van der Waals surface area contributed by atoms with Gasteiger partial charge in [0.1, 0.15) is 0 Å². The first-order chi connectivity index (χ1) is 9.08. The van der Waals surface area contributed by atoms with E-state index in [1.807, 2.05) is 26.0 Å². The van der Waals surface area contributed by atoms with E-state index in [2.05, 4.69) is 5.32 Å². The molecule has 1 aromatic carbocycles. The molecule has 108 valence electrons. The standard InChI is InChI=1S/C14H22ClNO3/c1-11(2)19-8-7-18-10-14(17)9-16-13-5-3-12(15)4-6-13/h3-6,11,14,16-17H,7-10H2,1-2H3. The van der Waals surface area contributed by atoms with Gasteiger partial charge in [-0.25, -0.2) is 0 Å². The van der Waals surface area contributed by atoms with Crippen LogP contribution in [0.25, 0.3) is 0 Å². The molecule has 0 amide bonds. The van der Waals surface area contributed by atoms with E-state index in [0.717, 1.165) is 5.69 Å². The maximum Gasteiger partial charge on any atom is 0.0945 e. The smallest absolute Gasteiger partial charge is 0.0945 e. The number of nitrogens with one attached hydrogen (secondary N) is 1. The number of ether oxygens (including phenoxy) is 2. The van der Waals surface area contributed by atoms with Crippen LogP contribution in [0.3, 0.4) is 0 Å². The van der Waals surface area contributed by atoms with Crippen molar-refractivity contribution in [2.45, 2.75) is 26.1 Å². The second kappa shape index (κ2) is 9.15. The average molecular weight is 288 g/mol. The van der Waals surface area contributed by atoms with Crippen LogP contribution in [-0.2, 0) is 9.47 Å². The first-order valence-electron chi connectivity index (χ1n) is 6.45. The maximum atomic E-state index is 9.72. The summed E-state index contributed by atoms with van der Waals surface area (Å²) in [7, 11) is 0. The molecule has 2 N–H and O–H groups in total. The van der Waals surface area contributed by atoms with Crippen molar-refractivity contribution >= 4 is 17.3 Å². The van der Waals surface area contributed by atoms with Crippen LogP contribution >= 0.6 is 11.6 Å². The van der Waals surface area contributed by atoms with Crippen molar-refractivity contribution in [3.8, 4) is 0 Å². The lowest BCUT2D eigenvalue weighted by atomic mass is 10.3. The Balaban J connectivity index is 2.07. The van der Waals surface area contributed by atoms with E-state index in [1.54, 1.807) is 12.1 Å². The minimum Gasteiger partial charge on any atom is -0.389 e. The van der Waals surface area contributed by atoms with E-state index in [9.17, 15) is 5.11 Å². The Morgan fingerprint density at radius 1 is 1.21 bits per heavy atom. The van der Waals surface area contributed by atoms with Crippen molar-refractivity contribution in [3.63, 3.8) is 0 Å². The Morgan fingerprint density at radius 2 is 1.89 bits per heavy atom. The van der Waals surface area contributed by atoms with Gasteiger partial charge in [0.05, 0.1) is 32.0 Å². The molecule has 0 bridgehead atoms. The molecule has 0 heterocycles. The summed E-state index contributed by atoms with van der Waals surface area (Å²) in [5, 5.41) is 13.5. The van der Waals surface area contributed by atoms with Gasteiger partial charge in [-0.05, 0) is 38.1 Å². The molecular formula is C14H22ClNO3. The van der Waals surface area contributed by atoms with Gasteiger partial charge in [-0.3, -0.25) is 0 Å². The van der Waals surface area contributed by atoms with Crippen LogP contribution in [0.2, 0.25) is 5.02 Å². The highest BCUT2D eigenvalue weighted by molar-refractivity contribution is 6.30. The summed E-state index contributed by atoms with van der Waals surface area (Å²) in [4.78, 5) is 0. The summed E-state index contributed by atoms with van der Waals surface area (Å²) in [5.74, 6) is 0.